The topological polar surface area (TPSA) is 84.7 Å². The van der Waals surface area contributed by atoms with E-state index in [0.717, 1.165) is 0 Å². The lowest BCUT2D eigenvalue weighted by Gasteiger charge is -2.26. The molecule has 2 unspecified atom stereocenters. The number of carboxylic acids is 1. The van der Waals surface area contributed by atoms with E-state index in [9.17, 15) is 9.59 Å². The molecule has 104 valence electrons. The number of hydrogen-bond donors (Lipinski definition) is 1. The molecule has 0 aliphatic carbocycles. The Morgan fingerprint density at radius 1 is 1.63 bits per heavy atom. The van der Waals surface area contributed by atoms with Crippen LogP contribution in [0.3, 0.4) is 0 Å². The van der Waals surface area contributed by atoms with Gasteiger partial charge in [0.05, 0.1) is 19.3 Å². The molecule has 7 heteroatoms. The molecule has 0 saturated carbocycles. The van der Waals surface area contributed by atoms with E-state index < -0.39 is 11.9 Å². The van der Waals surface area contributed by atoms with Gasteiger partial charge in [0.1, 0.15) is 5.92 Å². The number of ether oxygens (including phenoxy) is 1. The number of carboxylic acid groups (broad SMARTS) is 1. The molecule has 2 rings (SSSR count). The summed E-state index contributed by atoms with van der Waals surface area (Å²) < 4.78 is 6.74. The van der Waals surface area contributed by atoms with Gasteiger partial charge in [-0.2, -0.15) is 0 Å². The zero-order valence-corrected chi connectivity index (χ0v) is 10.9. The fourth-order valence-corrected chi connectivity index (χ4v) is 2.24. The van der Waals surface area contributed by atoms with E-state index in [4.69, 9.17) is 9.84 Å². The average molecular weight is 267 g/mol. The van der Waals surface area contributed by atoms with Crippen LogP contribution in [0.1, 0.15) is 6.92 Å². The fourth-order valence-electron chi connectivity index (χ4n) is 2.24. The number of anilines is 1. The van der Waals surface area contributed by atoms with Gasteiger partial charge in [0.25, 0.3) is 5.56 Å². The van der Waals surface area contributed by atoms with Crippen molar-refractivity contribution in [1.29, 1.82) is 0 Å². The summed E-state index contributed by atoms with van der Waals surface area (Å²) in [6.07, 6.45) is 3.15. The number of likely N-dealkylation sites (N-methyl/N-ethyl adjacent to an activating group) is 1. The van der Waals surface area contributed by atoms with Crippen molar-refractivity contribution >= 4 is 11.8 Å². The molecule has 2 atom stereocenters. The van der Waals surface area contributed by atoms with Gasteiger partial charge in [0, 0.05) is 26.0 Å². The highest BCUT2D eigenvalue weighted by Gasteiger charge is 2.37. The zero-order chi connectivity index (χ0) is 14.0. The highest BCUT2D eigenvalue weighted by molar-refractivity contribution is 5.72. The minimum Gasteiger partial charge on any atom is -0.481 e. The molecule has 1 fully saturated rings. The van der Waals surface area contributed by atoms with Gasteiger partial charge in [0.2, 0.25) is 0 Å². The van der Waals surface area contributed by atoms with Gasteiger partial charge in [-0.05, 0) is 6.92 Å². The molecule has 0 amide bonds. The average Bonchev–Trinajstić information content (AvgIpc) is 2.87. The number of carbonyl (C=O) groups is 1. The molecule has 0 aromatic carbocycles. The summed E-state index contributed by atoms with van der Waals surface area (Å²) in [7, 11) is 1.68. The van der Waals surface area contributed by atoms with E-state index in [-0.39, 0.29) is 30.6 Å². The highest BCUT2D eigenvalue weighted by Crippen LogP contribution is 2.21. The van der Waals surface area contributed by atoms with E-state index in [1.54, 1.807) is 24.3 Å². The molecule has 1 aliphatic rings. The molecule has 1 aromatic heterocycles. The van der Waals surface area contributed by atoms with Crippen LogP contribution in [0.2, 0.25) is 0 Å². The van der Waals surface area contributed by atoms with E-state index in [2.05, 4.69) is 4.98 Å². The van der Waals surface area contributed by atoms with Crippen molar-refractivity contribution in [3.63, 3.8) is 0 Å². The quantitative estimate of drug-likeness (QED) is 0.813. The van der Waals surface area contributed by atoms with Crippen molar-refractivity contribution in [3.05, 3.63) is 22.7 Å². The number of aromatic nitrogens is 2. The van der Waals surface area contributed by atoms with Crippen molar-refractivity contribution in [2.75, 3.05) is 25.2 Å². The summed E-state index contributed by atoms with van der Waals surface area (Å²) in [4.78, 5) is 29.0. The van der Waals surface area contributed by atoms with Crippen molar-refractivity contribution in [2.24, 2.45) is 5.92 Å². The second-order valence-corrected chi connectivity index (χ2v) is 4.50. The Hall–Kier alpha value is -1.89. The molecule has 7 nitrogen and oxygen atoms in total. The number of hydrogen-bond acceptors (Lipinski definition) is 5. The van der Waals surface area contributed by atoms with Gasteiger partial charge in [-0.3, -0.25) is 9.59 Å². The highest BCUT2D eigenvalue weighted by atomic mass is 16.5. The normalized spacial score (nSPS) is 22.4. The second kappa shape index (κ2) is 5.40. The third-order valence-corrected chi connectivity index (χ3v) is 3.44. The maximum atomic E-state index is 12.1. The lowest BCUT2D eigenvalue weighted by atomic mass is 10.0. The Morgan fingerprint density at radius 2 is 2.37 bits per heavy atom. The summed E-state index contributed by atoms with van der Waals surface area (Å²) in [5, 5.41) is 9.14. The van der Waals surface area contributed by atoms with Crippen molar-refractivity contribution < 1.29 is 14.6 Å². The van der Waals surface area contributed by atoms with Gasteiger partial charge in [0.15, 0.2) is 5.82 Å². The Bertz CT molecular complexity index is 528. The fraction of sp³-hybridized carbons (Fsp3) is 0.583. The van der Waals surface area contributed by atoms with Crippen LogP contribution in [0.25, 0.3) is 0 Å². The first-order chi connectivity index (χ1) is 9.06. The summed E-state index contributed by atoms with van der Waals surface area (Å²) in [6.45, 7) is 2.87. The molecule has 1 saturated heterocycles. The van der Waals surface area contributed by atoms with E-state index >= 15 is 0 Å². The maximum absolute atomic E-state index is 12.1. The van der Waals surface area contributed by atoms with E-state index in [1.165, 1.54) is 4.57 Å². The maximum Gasteiger partial charge on any atom is 0.311 e. The van der Waals surface area contributed by atoms with E-state index in [1.807, 2.05) is 6.92 Å². The molecular formula is C12H17N3O4. The predicted octanol–water partition coefficient (Wildman–Crippen LogP) is -0.201. The number of rotatable bonds is 4. The molecule has 1 aliphatic heterocycles. The largest absolute Gasteiger partial charge is 0.481 e. The smallest absolute Gasteiger partial charge is 0.311 e. The number of aryl methyl sites for hydroxylation is 1. The minimum atomic E-state index is -0.916. The first-order valence-corrected chi connectivity index (χ1v) is 6.15. The molecule has 0 bridgehead atoms. The molecular weight excluding hydrogens is 250 g/mol. The first kappa shape index (κ1) is 13.5. The molecule has 0 spiro atoms. The summed E-state index contributed by atoms with van der Waals surface area (Å²) in [6, 6.07) is -0.370. The van der Waals surface area contributed by atoms with Crippen LogP contribution in [0, 0.1) is 5.92 Å². The van der Waals surface area contributed by atoms with E-state index in [0.29, 0.717) is 6.54 Å². The molecule has 0 radical (unpaired) electrons. The summed E-state index contributed by atoms with van der Waals surface area (Å²) in [5.74, 6) is -1.30. The summed E-state index contributed by atoms with van der Waals surface area (Å²) >= 11 is 0. The Kier molecular flexibility index (Phi) is 3.84. The first-order valence-electron chi connectivity index (χ1n) is 6.15. The van der Waals surface area contributed by atoms with Crippen LogP contribution in [0.15, 0.2) is 17.2 Å². The SMILES string of the molecule is CCn1ccnc(N(C)C2COCC2C(=O)O)c1=O. The van der Waals surface area contributed by atoms with Crippen molar-refractivity contribution in [3.8, 4) is 0 Å². The molecule has 2 heterocycles. The molecule has 19 heavy (non-hydrogen) atoms. The monoisotopic (exact) mass is 267 g/mol. The Labute approximate surface area is 110 Å². The lowest BCUT2D eigenvalue weighted by molar-refractivity contribution is -0.141. The van der Waals surface area contributed by atoms with Crippen LogP contribution in [-0.4, -0.2) is 46.9 Å². The number of aliphatic carboxylic acids is 1. The lowest BCUT2D eigenvalue weighted by Crippen LogP contribution is -2.44. The third-order valence-electron chi connectivity index (χ3n) is 3.44. The van der Waals surface area contributed by atoms with Gasteiger partial charge in [-0.25, -0.2) is 4.98 Å². The van der Waals surface area contributed by atoms with Crippen LogP contribution >= 0.6 is 0 Å². The van der Waals surface area contributed by atoms with Crippen LogP contribution in [0.4, 0.5) is 5.82 Å². The zero-order valence-electron chi connectivity index (χ0n) is 10.9. The van der Waals surface area contributed by atoms with Crippen LogP contribution in [-0.2, 0) is 16.1 Å². The molecule has 1 N–H and O–H groups in total. The van der Waals surface area contributed by atoms with Crippen LogP contribution < -0.4 is 10.5 Å². The number of nitrogens with zero attached hydrogens (tertiary/aromatic N) is 3. The van der Waals surface area contributed by atoms with Gasteiger partial charge < -0.3 is 19.3 Å². The summed E-state index contributed by atoms with van der Waals surface area (Å²) in [5.41, 5.74) is -0.219. The van der Waals surface area contributed by atoms with Crippen LogP contribution in [0.5, 0.6) is 0 Å². The van der Waals surface area contributed by atoms with Crippen molar-refractivity contribution in [2.45, 2.75) is 19.5 Å². The third kappa shape index (κ3) is 2.46. The predicted molar refractivity (Wildman–Crippen MR) is 68.3 cm³/mol. The van der Waals surface area contributed by atoms with Crippen molar-refractivity contribution in [1.82, 2.24) is 9.55 Å². The second-order valence-electron chi connectivity index (χ2n) is 4.50. The van der Waals surface area contributed by atoms with Gasteiger partial charge >= 0.3 is 5.97 Å². The standard InChI is InChI=1S/C12H17N3O4/c1-3-15-5-4-13-10(11(15)16)14(2)9-7-19-6-8(9)12(17)18/h4-5,8-9H,3,6-7H2,1-2H3,(H,17,18). The Balaban J connectivity index is 2.31. The van der Waals surface area contributed by atoms with Gasteiger partial charge in [-0.15, -0.1) is 0 Å². The minimum absolute atomic E-state index is 0.166. The van der Waals surface area contributed by atoms with Gasteiger partial charge in [-0.1, -0.05) is 0 Å². The Morgan fingerprint density at radius 3 is 3.00 bits per heavy atom. The molecule has 1 aromatic rings.